The zero-order valence-corrected chi connectivity index (χ0v) is 15.2. The van der Waals surface area contributed by atoms with E-state index in [1.165, 1.54) is 5.06 Å². The van der Waals surface area contributed by atoms with Crippen LogP contribution in [-0.2, 0) is 10.3 Å². The maximum absolute atomic E-state index is 12.8. The number of hydrogen-bond acceptors (Lipinski definition) is 6. The van der Waals surface area contributed by atoms with E-state index in [1.807, 2.05) is 6.92 Å². The first kappa shape index (κ1) is 18.1. The number of aromatic nitrogens is 2. The molecule has 1 saturated carbocycles. The van der Waals surface area contributed by atoms with E-state index in [1.54, 1.807) is 4.90 Å². The third-order valence-electron chi connectivity index (χ3n) is 5.18. The quantitative estimate of drug-likeness (QED) is 0.722. The molecule has 140 valence electrons. The number of hydroxylamine groups is 2. The van der Waals surface area contributed by atoms with E-state index < -0.39 is 0 Å². The number of hydrogen-bond donors (Lipinski definition) is 1. The zero-order chi connectivity index (χ0) is 17.9. The van der Waals surface area contributed by atoms with Gasteiger partial charge in [-0.25, -0.2) is 9.86 Å². The molecule has 2 aliphatic rings. The maximum Gasteiger partial charge on any atom is 0.344 e. The van der Waals surface area contributed by atoms with Gasteiger partial charge < -0.3 is 15.1 Å². The summed E-state index contributed by atoms with van der Waals surface area (Å²) in [5.41, 5.74) is 5.72. The van der Waals surface area contributed by atoms with Crippen molar-refractivity contribution in [2.75, 3.05) is 26.2 Å². The smallest absolute Gasteiger partial charge is 0.344 e. The summed E-state index contributed by atoms with van der Waals surface area (Å²) in [6, 6.07) is -0.326. The van der Waals surface area contributed by atoms with Gasteiger partial charge in [-0.05, 0) is 39.0 Å². The van der Waals surface area contributed by atoms with Crippen LogP contribution in [0.4, 0.5) is 4.79 Å². The van der Waals surface area contributed by atoms with E-state index in [0.29, 0.717) is 38.0 Å². The number of nitrogens with two attached hydrogens (primary N) is 1. The van der Waals surface area contributed by atoms with E-state index in [-0.39, 0.29) is 17.5 Å². The van der Waals surface area contributed by atoms with Gasteiger partial charge in [0.05, 0.1) is 18.6 Å². The Kier molecular flexibility index (Phi) is 5.58. The molecule has 1 atom stereocenters. The summed E-state index contributed by atoms with van der Waals surface area (Å²) in [7, 11) is 0. The molecule has 8 nitrogen and oxygen atoms in total. The summed E-state index contributed by atoms with van der Waals surface area (Å²) in [5.74, 6) is 1.13. The highest BCUT2D eigenvalue weighted by atomic mass is 16.7. The van der Waals surface area contributed by atoms with Gasteiger partial charge in [0.2, 0.25) is 11.8 Å². The second-order valence-corrected chi connectivity index (χ2v) is 6.95. The van der Waals surface area contributed by atoms with Gasteiger partial charge in [0.1, 0.15) is 6.04 Å². The molecule has 1 aliphatic heterocycles. The van der Waals surface area contributed by atoms with Crippen molar-refractivity contribution in [3.63, 3.8) is 0 Å². The molecule has 1 saturated heterocycles. The lowest BCUT2D eigenvalue weighted by atomic mass is 10.1. The first-order valence-corrected chi connectivity index (χ1v) is 9.40. The summed E-state index contributed by atoms with van der Waals surface area (Å²) in [4.78, 5) is 20.3. The Bertz CT molecular complexity index is 587. The second kappa shape index (κ2) is 7.70. The van der Waals surface area contributed by atoms with Crippen LogP contribution in [0.2, 0.25) is 0 Å². The minimum absolute atomic E-state index is 0.124. The molecule has 1 aromatic heterocycles. The molecule has 1 aliphatic carbocycles. The first-order valence-electron chi connectivity index (χ1n) is 9.40. The molecule has 2 fully saturated rings. The van der Waals surface area contributed by atoms with Crippen molar-refractivity contribution < 1.29 is 14.0 Å². The van der Waals surface area contributed by atoms with Crippen molar-refractivity contribution in [3.05, 3.63) is 11.8 Å². The fraction of sp³-hybridized carbons (Fsp3) is 0.824. The van der Waals surface area contributed by atoms with Crippen LogP contribution in [0.1, 0.15) is 70.2 Å². The molecule has 1 aromatic rings. The standard InChI is InChI=1S/C17H29N5O3/c1-3-5-11-24-22-10-6-7-13(21(4-2)16(22)23)14-19-20-15(25-14)17(12-18)8-9-17/h13H,3-12,18H2,1-2H3/t13-/m0/s1. The number of unbranched alkanes of at least 4 members (excludes halogenated alkanes) is 1. The monoisotopic (exact) mass is 351 g/mol. The molecule has 25 heavy (non-hydrogen) atoms. The van der Waals surface area contributed by atoms with Crippen LogP contribution in [0, 0.1) is 0 Å². The third kappa shape index (κ3) is 3.64. The molecule has 0 bridgehead atoms. The largest absolute Gasteiger partial charge is 0.422 e. The summed E-state index contributed by atoms with van der Waals surface area (Å²) in [6.45, 7) is 6.30. The summed E-state index contributed by atoms with van der Waals surface area (Å²) in [5, 5.41) is 9.95. The second-order valence-electron chi connectivity index (χ2n) is 6.95. The Morgan fingerprint density at radius 2 is 2.16 bits per heavy atom. The van der Waals surface area contributed by atoms with Gasteiger partial charge in [-0.15, -0.1) is 10.2 Å². The predicted octanol–water partition coefficient (Wildman–Crippen LogP) is 2.37. The lowest BCUT2D eigenvalue weighted by molar-refractivity contribution is -0.123. The molecule has 0 unspecified atom stereocenters. The minimum Gasteiger partial charge on any atom is -0.422 e. The number of amides is 2. The van der Waals surface area contributed by atoms with Crippen LogP contribution < -0.4 is 5.73 Å². The molecule has 2 amide bonds. The van der Waals surface area contributed by atoms with E-state index in [0.717, 1.165) is 38.5 Å². The van der Waals surface area contributed by atoms with Crippen molar-refractivity contribution in [2.45, 2.75) is 63.8 Å². The van der Waals surface area contributed by atoms with Crippen molar-refractivity contribution in [1.82, 2.24) is 20.2 Å². The maximum atomic E-state index is 12.8. The normalized spacial score (nSPS) is 23.0. The molecule has 0 aromatic carbocycles. The number of nitrogens with zero attached hydrogens (tertiary/aromatic N) is 4. The van der Waals surface area contributed by atoms with Crippen LogP contribution in [0.15, 0.2) is 4.42 Å². The molecular formula is C17H29N5O3. The topological polar surface area (TPSA) is 97.7 Å². The number of rotatable bonds is 8. The highest BCUT2D eigenvalue weighted by Crippen LogP contribution is 2.47. The Hall–Kier alpha value is -1.67. The molecule has 2 N–H and O–H groups in total. The number of carbonyl (C=O) groups is 1. The SMILES string of the molecule is CCCCON1CCC[C@@H](c2nnc(C3(CN)CC3)o2)N(CC)C1=O. The zero-order valence-electron chi connectivity index (χ0n) is 15.2. The van der Waals surface area contributed by atoms with Crippen LogP contribution in [0.25, 0.3) is 0 Å². The highest BCUT2D eigenvalue weighted by molar-refractivity contribution is 5.74. The van der Waals surface area contributed by atoms with Crippen molar-refractivity contribution in [1.29, 1.82) is 0 Å². The molecule has 0 spiro atoms. The fourth-order valence-corrected chi connectivity index (χ4v) is 3.25. The van der Waals surface area contributed by atoms with E-state index in [2.05, 4.69) is 17.1 Å². The van der Waals surface area contributed by atoms with Crippen LogP contribution >= 0.6 is 0 Å². The average molecular weight is 351 g/mol. The lowest BCUT2D eigenvalue weighted by Gasteiger charge is -2.29. The third-order valence-corrected chi connectivity index (χ3v) is 5.18. The van der Waals surface area contributed by atoms with E-state index >= 15 is 0 Å². The van der Waals surface area contributed by atoms with Crippen molar-refractivity contribution >= 4 is 6.03 Å². The van der Waals surface area contributed by atoms with Gasteiger partial charge in [0.25, 0.3) is 0 Å². The van der Waals surface area contributed by atoms with E-state index in [9.17, 15) is 4.79 Å². The predicted molar refractivity (Wildman–Crippen MR) is 91.6 cm³/mol. The van der Waals surface area contributed by atoms with Gasteiger partial charge >= 0.3 is 6.03 Å². The summed E-state index contributed by atoms with van der Waals surface area (Å²) >= 11 is 0. The number of urea groups is 1. The van der Waals surface area contributed by atoms with Crippen LogP contribution in [0.3, 0.4) is 0 Å². The van der Waals surface area contributed by atoms with Gasteiger partial charge in [-0.3, -0.25) is 4.84 Å². The molecule has 2 heterocycles. The minimum atomic E-state index is -0.202. The van der Waals surface area contributed by atoms with Crippen LogP contribution in [0.5, 0.6) is 0 Å². The molecule has 3 rings (SSSR count). The van der Waals surface area contributed by atoms with Gasteiger partial charge in [-0.1, -0.05) is 13.3 Å². The molecule has 8 heteroatoms. The van der Waals surface area contributed by atoms with Gasteiger partial charge in [0.15, 0.2) is 0 Å². The highest BCUT2D eigenvalue weighted by Gasteiger charge is 2.48. The summed E-state index contributed by atoms with van der Waals surface area (Å²) in [6.07, 6.45) is 5.57. The first-order chi connectivity index (χ1) is 12.1. The Balaban J connectivity index is 1.74. The fourth-order valence-electron chi connectivity index (χ4n) is 3.25. The Labute approximate surface area is 148 Å². The lowest BCUT2D eigenvalue weighted by Crippen LogP contribution is -2.43. The molecular weight excluding hydrogens is 322 g/mol. The number of carbonyl (C=O) groups excluding carboxylic acids is 1. The van der Waals surface area contributed by atoms with Crippen molar-refractivity contribution in [2.24, 2.45) is 5.73 Å². The van der Waals surface area contributed by atoms with Crippen molar-refractivity contribution in [3.8, 4) is 0 Å². The average Bonchev–Trinajstić information content (AvgIpc) is 3.31. The summed E-state index contributed by atoms with van der Waals surface area (Å²) < 4.78 is 5.96. The Morgan fingerprint density at radius 1 is 1.36 bits per heavy atom. The van der Waals surface area contributed by atoms with E-state index in [4.69, 9.17) is 15.0 Å². The van der Waals surface area contributed by atoms with Gasteiger partial charge in [-0.2, -0.15) is 0 Å². The Morgan fingerprint density at radius 3 is 2.80 bits per heavy atom. The molecule has 0 radical (unpaired) electrons. The van der Waals surface area contributed by atoms with Crippen LogP contribution in [-0.4, -0.2) is 52.4 Å². The van der Waals surface area contributed by atoms with Gasteiger partial charge in [0, 0.05) is 13.1 Å².